The number of pyridine rings is 1. The lowest BCUT2D eigenvalue weighted by atomic mass is 10.2. The predicted molar refractivity (Wildman–Crippen MR) is 108 cm³/mol. The first-order chi connectivity index (χ1) is 13.3. The van der Waals surface area contributed by atoms with Crippen LogP contribution in [0.5, 0.6) is 5.75 Å². The quantitative estimate of drug-likeness (QED) is 0.497. The summed E-state index contributed by atoms with van der Waals surface area (Å²) in [6.45, 7) is 0.706. The van der Waals surface area contributed by atoms with Crippen LogP contribution in [0.1, 0.15) is 5.56 Å². The summed E-state index contributed by atoms with van der Waals surface area (Å²) >= 11 is 0. The number of phenolic OH excluding ortho intramolecular Hbond substituents is 1. The Labute approximate surface area is 156 Å². The molecule has 4 heteroatoms. The van der Waals surface area contributed by atoms with Crippen LogP contribution in [0, 0.1) is 0 Å². The molecule has 0 bridgehead atoms. The van der Waals surface area contributed by atoms with E-state index in [-0.39, 0.29) is 5.75 Å². The lowest BCUT2D eigenvalue weighted by Gasteiger charge is -2.10. The lowest BCUT2D eigenvalue weighted by molar-refractivity contribution is 0.480. The number of hydrogen-bond acceptors (Lipinski definition) is 3. The fraction of sp³-hybridized carbons (Fsp3) is 0.0435. The van der Waals surface area contributed by atoms with Crippen LogP contribution in [0.3, 0.4) is 0 Å². The minimum atomic E-state index is 0.181. The van der Waals surface area contributed by atoms with E-state index in [0.29, 0.717) is 12.1 Å². The number of para-hydroxylation sites is 3. The molecule has 5 aromatic rings. The maximum Gasteiger partial charge on any atom is 0.160 e. The maximum absolute atomic E-state index is 10.2. The van der Waals surface area contributed by atoms with Crippen LogP contribution in [-0.2, 0) is 6.54 Å². The minimum Gasteiger partial charge on any atom is -0.506 e. The molecule has 0 aliphatic heterocycles. The Bertz CT molecular complexity index is 1260. The van der Waals surface area contributed by atoms with Gasteiger partial charge in [-0.25, -0.2) is 9.97 Å². The van der Waals surface area contributed by atoms with Crippen molar-refractivity contribution in [1.29, 1.82) is 0 Å². The molecule has 0 saturated heterocycles. The third-order valence-electron chi connectivity index (χ3n) is 4.77. The molecule has 0 amide bonds. The SMILES string of the molecule is Oc1cccc2ccc(-c3nc4ccccc4n3Cc3ccccc3)nc12. The van der Waals surface area contributed by atoms with Gasteiger partial charge < -0.3 is 9.67 Å². The van der Waals surface area contributed by atoms with Gasteiger partial charge in [0.25, 0.3) is 0 Å². The molecule has 3 aromatic carbocycles. The lowest BCUT2D eigenvalue weighted by Crippen LogP contribution is -2.03. The van der Waals surface area contributed by atoms with Gasteiger partial charge in [-0.2, -0.15) is 0 Å². The number of hydrogen-bond donors (Lipinski definition) is 1. The van der Waals surface area contributed by atoms with Crippen LogP contribution >= 0.6 is 0 Å². The predicted octanol–water partition coefficient (Wildman–Crippen LogP) is 5.01. The van der Waals surface area contributed by atoms with Crippen molar-refractivity contribution < 1.29 is 5.11 Å². The summed E-state index contributed by atoms with van der Waals surface area (Å²) in [5.41, 5.74) is 4.54. The fourth-order valence-corrected chi connectivity index (χ4v) is 3.45. The van der Waals surface area contributed by atoms with Gasteiger partial charge in [0, 0.05) is 11.9 Å². The van der Waals surface area contributed by atoms with E-state index in [2.05, 4.69) is 22.8 Å². The Balaban J connectivity index is 1.73. The molecular weight excluding hydrogens is 334 g/mol. The topological polar surface area (TPSA) is 50.9 Å². The van der Waals surface area contributed by atoms with Crippen LogP contribution in [0.4, 0.5) is 0 Å². The monoisotopic (exact) mass is 351 g/mol. The summed E-state index contributed by atoms with van der Waals surface area (Å²) in [4.78, 5) is 9.54. The zero-order valence-corrected chi connectivity index (χ0v) is 14.6. The second kappa shape index (κ2) is 6.25. The van der Waals surface area contributed by atoms with Gasteiger partial charge in [0.15, 0.2) is 5.82 Å². The van der Waals surface area contributed by atoms with Gasteiger partial charge in [-0.15, -0.1) is 0 Å². The molecule has 0 saturated carbocycles. The Hall–Kier alpha value is -3.66. The molecule has 5 rings (SSSR count). The van der Waals surface area contributed by atoms with Crippen molar-refractivity contribution in [2.24, 2.45) is 0 Å². The van der Waals surface area contributed by atoms with Gasteiger partial charge in [-0.05, 0) is 29.8 Å². The summed E-state index contributed by atoms with van der Waals surface area (Å²) in [7, 11) is 0. The summed E-state index contributed by atoms with van der Waals surface area (Å²) in [6, 6.07) is 27.8. The van der Waals surface area contributed by atoms with Crippen molar-refractivity contribution in [3.05, 3.63) is 90.5 Å². The molecule has 4 nitrogen and oxygen atoms in total. The second-order valence-corrected chi connectivity index (χ2v) is 6.54. The molecule has 0 atom stereocenters. The van der Waals surface area contributed by atoms with E-state index in [9.17, 15) is 5.11 Å². The summed E-state index contributed by atoms with van der Waals surface area (Å²) < 4.78 is 2.18. The number of aromatic hydroxyl groups is 1. The Morgan fingerprint density at radius 2 is 1.56 bits per heavy atom. The van der Waals surface area contributed by atoms with Crippen LogP contribution < -0.4 is 0 Å². The van der Waals surface area contributed by atoms with Crippen molar-refractivity contribution in [3.63, 3.8) is 0 Å². The highest BCUT2D eigenvalue weighted by Gasteiger charge is 2.15. The minimum absolute atomic E-state index is 0.181. The molecule has 2 heterocycles. The van der Waals surface area contributed by atoms with Gasteiger partial charge >= 0.3 is 0 Å². The molecule has 27 heavy (non-hydrogen) atoms. The summed E-state index contributed by atoms with van der Waals surface area (Å²) in [6.07, 6.45) is 0. The first kappa shape index (κ1) is 15.6. The van der Waals surface area contributed by atoms with Crippen molar-refractivity contribution in [3.8, 4) is 17.3 Å². The Morgan fingerprint density at radius 1 is 0.741 bits per heavy atom. The standard InChI is InChI=1S/C23H17N3O/c27-21-12-6-9-17-13-14-19(24-22(17)21)23-25-18-10-4-5-11-20(18)26(23)15-16-7-2-1-3-8-16/h1-14,27H,15H2. The molecule has 130 valence electrons. The number of benzene rings is 3. The molecule has 0 unspecified atom stereocenters. The normalized spacial score (nSPS) is 11.3. The van der Waals surface area contributed by atoms with Crippen molar-refractivity contribution in [2.75, 3.05) is 0 Å². The summed E-state index contributed by atoms with van der Waals surface area (Å²) in [5, 5.41) is 11.1. The highest BCUT2D eigenvalue weighted by Crippen LogP contribution is 2.29. The molecule has 0 aliphatic rings. The van der Waals surface area contributed by atoms with Crippen LogP contribution in [0.15, 0.2) is 84.9 Å². The number of nitrogens with zero attached hydrogens (tertiary/aromatic N) is 3. The number of rotatable bonds is 3. The molecule has 1 N–H and O–H groups in total. The van der Waals surface area contributed by atoms with E-state index in [4.69, 9.17) is 9.97 Å². The highest BCUT2D eigenvalue weighted by molar-refractivity contribution is 5.87. The number of fused-ring (bicyclic) bond motifs is 2. The van der Waals surface area contributed by atoms with Crippen molar-refractivity contribution >= 4 is 21.9 Å². The fourth-order valence-electron chi connectivity index (χ4n) is 3.45. The molecule has 0 fully saturated rings. The van der Waals surface area contributed by atoms with Crippen molar-refractivity contribution in [1.82, 2.24) is 14.5 Å². The summed E-state index contributed by atoms with van der Waals surface area (Å²) in [5.74, 6) is 0.977. The Kier molecular flexibility index (Phi) is 3.61. The molecule has 0 radical (unpaired) electrons. The van der Waals surface area contributed by atoms with E-state index >= 15 is 0 Å². The average molecular weight is 351 g/mol. The zero-order chi connectivity index (χ0) is 18.2. The van der Waals surface area contributed by atoms with Gasteiger partial charge in [0.05, 0.1) is 11.0 Å². The van der Waals surface area contributed by atoms with Crippen molar-refractivity contribution in [2.45, 2.75) is 6.54 Å². The number of aromatic nitrogens is 3. The van der Waals surface area contributed by atoms with E-state index in [1.54, 1.807) is 6.07 Å². The molecule has 0 aliphatic carbocycles. The first-order valence-corrected chi connectivity index (χ1v) is 8.88. The third kappa shape index (κ3) is 2.72. The molecule has 0 spiro atoms. The molecule has 2 aromatic heterocycles. The number of phenols is 1. The second-order valence-electron chi connectivity index (χ2n) is 6.54. The number of imidazole rings is 1. The van der Waals surface area contributed by atoms with Gasteiger partial charge in [-0.3, -0.25) is 0 Å². The van der Waals surface area contributed by atoms with Crippen LogP contribution in [0.25, 0.3) is 33.5 Å². The smallest absolute Gasteiger partial charge is 0.160 e. The van der Waals surface area contributed by atoms with E-state index in [1.165, 1.54) is 5.56 Å². The largest absolute Gasteiger partial charge is 0.506 e. The van der Waals surface area contributed by atoms with Gasteiger partial charge in [0.2, 0.25) is 0 Å². The maximum atomic E-state index is 10.2. The Morgan fingerprint density at radius 3 is 2.44 bits per heavy atom. The van der Waals surface area contributed by atoms with Gasteiger partial charge in [0.1, 0.15) is 17.0 Å². The van der Waals surface area contributed by atoms with Crippen LogP contribution in [-0.4, -0.2) is 19.6 Å². The highest BCUT2D eigenvalue weighted by atomic mass is 16.3. The third-order valence-corrected chi connectivity index (χ3v) is 4.77. The van der Waals surface area contributed by atoms with E-state index in [0.717, 1.165) is 27.9 Å². The average Bonchev–Trinajstić information content (AvgIpc) is 3.07. The molecular formula is C23H17N3O. The van der Waals surface area contributed by atoms with Gasteiger partial charge in [-0.1, -0.05) is 60.7 Å². The van der Waals surface area contributed by atoms with E-state index in [1.807, 2.05) is 60.7 Å². The zero-order valence-electron chi connectivity index (χ0n) is 14.6. The first-order valence-electron chi connectivity index (χ1n) is 8.88. The van der Waals surface area contributed by atoms with E-state index < -0.39 is 0 Å². The van der Waals surface area contributed by atoms with Crippen LogP contribution in [0.2, 0.25) is 0 Å².